The van der Waals surface area contributed by atoms with Crippen LogP contribution in [0.25, 0.3) is 11.0 Å². The third-order valence-electron chi connectivity index (χ3n) is 4.22. The lowest BCUT2D eigenvalue weighted by Crippen LogP contribution is -2.31. The fourth-order valence-electron chi connectivity index (χ4n) is 3.11. The number of imidazole rings is 1. The predicted octanol–water partition coefficient (Wildman–Crippen LogP) is 2.81. The highest BCUT2D eigenvalue weighted by atomic mass is 19.4. The number of fused-ring (bicyclic) bond motifs is 1. The first-order chi connectivity index (χ1) is 11.2. The van der Waals surface area contributed by atoms with Gasteiger partial charge in [0.05, 0.1) is 11.0 Å². The molecule has 8 heteroatoms. The average Bonchev–Trinajstić information content (AvgIpc) is 3.08. The lowest BCUT2D eigenvalue weighted by atomic mass is 10.1. The molecule has 1 unspecified atom stereocenters. The fourth-order valence-corrected chi connectivity index (χ4v) is 3.11. The van der Waals surface area contributed by atoms with Gasteiger partial charge in [-0.3, -0.25) is 4.79 Å². The highest BCUT2D eigenvalue weighted by Crippen LogP contribution is 2.34. The van der Waals surface area contributed by atoms with E-state index in [1.54, 1.807) is 24.8 Å². The molecule has 1 aliphatic heterocycles. The summed E-state index contributed by atoms with van der Waals surface area (Å²) in [6, 6.07) is 4.06. The molecule has 1 aliphatic rings. The van der Waals surface area contributed by atoms with Gasteiger partial charge in [-0.05, 0) is 38.5 Å². The largest absolute Gasteiger partial charge is 0.449 e. The number of aromatic nitrogens is 2. The molecule has 24 heavy (non-hydrogen) atoms. The van der Waals surface area contributed by atoms with E-state index in [2.05, 4.69) is 4.98 Å². The molecule has 2 aromatic rings. The minimum atomic E-state index is -4.55. The molecule has 1 amide bonds. The minimum Gasteiger partial charge on any atom is -0.337 e. The van der Waals surface area contributed by atoms with E-state index >= 15 is 0 Å². The minimum absolute atomic E-state index is 0.0466. The number of halogens is 3. The van der Waals surface area contributed by atoms with E-state index < -0.39 is 18.0 Å². The zero-order chi connectivity index (χ0) is 17.6. The van der Waals surface area contributed by atoms with Gasteiger partial charge in [-0.1, -0.05) is 0 Å². The van der Waals surface area contributed by atoms with E-state index in [9.17, 15) is 18.0 Å². The summed E-state index contributed by atoms with van der Waals surface area (Å²) in [6.07, 6.45) is -3.82. The standard InChI is InChI=1S/C16H19F3N4O/c1-9(2)23-13-4-3-10(14(24)22-6-5-11(20)8-22)7-12(13)21-15(23)16(17,18)19/h3-4,7,9,11H,5-6,8,20H2,1-2H3. The van der Waals surface area contributed by atoms with Gasteiger partial charge in [0.2, 0.25) is 5.82 Å². The van der Waals surface area contributed by atoms with Crippen LogP contribution in [0.4, 0.5) is 13.2 Å². The van der Waals surface area contributed by atoms with Crippen LogP contribution in [-0.4, -0.2) is 39.5 Å². The molecule has 0 aliphatic carbocycles. The van der Waals surface area contributed by atoms with E-state index in [0.717, 1.165) is 11.0 Å². The van der Waals surface area contributed by atoms with Crippen LogP contribution in [-0.2, 0) is 6.18 Å². The van der Waals surface area contributed by atoms with E-state index in [1.165, 1.54) is 12.1 Å². The Labute approximate surface area is 137 Å². The van der Waals surface area contributed by atoms with E-state index in [1.807, 2.05) is 0 Å². The lowest BCUT2D eigenvalue weighted by Gasteiger charge is -2.16. The van der Waals surface area contributed by atoms with Crippen LogP contribution in [0.1, 0.15) is 42.5 Å². The molecule has 0 bridgehead atoms. The molecule has 5 nitrogen and oxygen atoms in total. The van der Waals surface area contributed by atoms with Gasteiger partial charge in [0, 0.05) is 30.7 Å². The topological polar surface area (TPSA) is 64.2 Å². The quantitative estimate of drug-likeness (QED) is 0.914. The van der Waals surface area contributed by atoms with Crippen LogP contribution < -0.4 is 5.73 Å². The van der Waals surface area contributed by atoms with Crippen LogP contribution in [0.15, 0.2) is 18.2 Å². The number of hydrogen-bond donors (Lipinski definition) is 1. The Morgan fingerprint density at radius 1 is 1.38 bits per heavy atom. The Balaban J connectivity index is 2.04. The number of likely N-dealkylation sites (tertiary alicyclic amines) is 1. The number of nitrogens with zero attached hydrogens (tertiary/aromatic N) is 3. The molecule has 2 heterocycles. The monoisotopic (exact) mass is 340 g/mol. The Morgan fingerprint density at radius 3 is 2.62 bits per heavy atom. The van der Waals surface area contributed by atoms with Gasteiger partial charge in [0.15, 0.2) is 0 Å². The number of nitrogens with two attached hydrogens (primary N) is 1. The molecule has 1 fully saturated rings. The summed E-state index contributed by atoms with van der Waals surface area (Å²) in [6.45, 7) is 4.36. The Kier molecular flexibility index (Phi) is 4.03. The number of amides is 1. The molecule has 1 aromatic heterocycles. The van der Waals surface area contributed by atoms with Crippen LogP contribution in [0.2, 0.25) is 0 Å². The second-order valence-corrected chi connectivity index (χ2v) is 6.40. The van der Waals surface area contributed by atoms with Crippen molar-refractivity contribution in [2.24, 2.45) is 5.73 Å². The average molecular weight is 340 g/mol. The van der Waals surface area contributed by atoms with Crippen LogP contribution in [0, 0.1) is 0 Å². The van der Waals surface area contributed by atoms with Crippen molar-refractivity contribution < 1.29 is 18.0 Å². The number of carbonyl (C=O) groups is 1. The maximum absolute atomic E-state index is 13.2. The van der Waals surface area contributed by atoms with Crippen molar-refractivity contribution in [1.29, 1.82) is 0 Å². The second kappa shape index (κ2) is 5.77. The van der Waals surface area contributed by atoms with Crippen LogP contribution >= 0.6 is 0 Å². The van der Waals surface area contributed by atoms with Crippen molar-refractivity contribution in [3.63, 3.8) is 0 Å². The number of benzene rings is 1. The second-order valence-electron chi connectivity index (χ2n) is 6.40. The van der Waals surface area contributed by atoms with Crippen molar-refractivity contribution in [2.45, 2.75) is 38.5 Å². The molecule has 1 saturated heterocycles. The smallest absolute Gasteiger partial charge is 0.337 e. The molecule has 1 atom stereocenters. The van der Waals surface area contributed by atoms with Crippen molar-refractivity contribution in [2.75, 3.05) is 13.1 Å². The summed E-state index contributed by atoms with van der Waals surface area (Å²) < 4.78 is 40.8. The maximum Gasteiger partial charge on any atom is 0.449 e. The zero-order valence-electron chi connectivity index (χ0n) is 13.5. The molecule has 0 saturated carbocycles. The van der Waals surface area contributed by atoms with Gasteiger partial charge in [-0.15, -0.1) is 0 Å². The summed E-state index contributed by atoms with van der Waals surface area (Å²) in [5.74, 6) is -1.17. The van der Waals surface area contributed by atoms with Crippen molar-refractivity contribution in [1.82, 2.24) is 14.5 Å². The number of rotatable bonds is 2. The first kappa shape index (κ1) is 16.8. The first-order valence-corrected chi connectivity index (χ1v) is 7.82. The Morgan fingerprint density at radius 2 is 2.08 bits per heavy atom. The molecule has 0 spiro atoms. The SMILES string of the molecule is CC(C)n1c(C(F)(F)F)nc2cc(C(=O)N3CCC(N)C3)ccc21. The van der Waals surface area contributed by atoms with Gasteiger partial charge >= 0.3 is 6.18 Å². The molecule has 2 N–H and O–H groups in total. The van der Waals surface area contributed by atoms with Crippen molar-refractivity contribution in [3.05, 3.63) is 29.6 Å². The number of alkyl halides is 3. The molecule has 130 valence electrons. The lowest BCUT2D eigenvalue weighted by molar-refractivity contribution is -0.147. The summed E-state index contributed by atoms with van der Waals surface area (Å²) in [4.78, 5) is 17.8. The highest BCUT2D eigenvalue weighted by Gasteiger charge is 2.38. The van der Waals surface area contributed by atoms with Crippen molar-refractivity contribution in [3.8, 4) is 0 Å². The van der Waals surface area contributed by atoms with Crippen molar-refractivity contribution >= 4 is 16.9 Å². The third-order valence-corrected chi connectivity index (χ3v) is 4.22. The highest BCUT2D eigenvalue weighted by molar-refractivity contribution is 5.97. The van der Waals surface area contributed by atoms with Gasteiger partial charge in [-0.2, -0.15) is 13.2 Å². The Bertz CT molecular complexity index is 781. The van der Waals surface area contributed by atoms with E-state index in [0.29, 0.717) is 24.2 Å². The summed E-state index contributed by atoms with van der Waals surface area (Å²) in [5, 5.41) is 0. The fraction of sp³-hybridized carbons (Fsp3) is 0.500. The third kappa shape index (κ3) is 2.86. The normalized spacial score (nSPS) is 18.8. The molecular formula is C16H19F3N4O. The number of hydrogen-bond acceptors (Lipinski definition) is 3. The summed E-state index contributed by atoms with van der Waals surface area (Å²) in [7, 11) is 0. The molecule has 3 rings (SSSR count). The maximum atomic E-state index is 13.2. The first-order valence-electron chi connectivity index (χ1n) is 7.82. The molecule has 0 radical (unpaired) electrons. The summed E-state index contributed by atoms with van der Waals surface area (Å²) >= 11 is 0. The van der Waals surface area contributed by atoms with Crippen LogP contribution in [0.3, 0.4) is 0 Å². The van der Waals surface area contributed by atoms with E-state index in [4.69, 9.17) is 5.73 Å². The molecular weight excluding hydrogens is 321 g/mol. The Hall–Kier alpha value is -2.09. The van der Waals surface area contributed by atoms with Gasteiger partial charge in [-0.25, -0.2) is 4.98 Å². The molecule has 1 aromatic carbocycles. The van der Waals surface area contributed by atoms with Gasteiger partial charge in [0.1, 0.15) is 0 Å². The van der Waals surface area contributed by atoms with Gasteiger partial charge < -0.3 is 15.2 Å². The van der Waals surface area contributed by atoms with Gasteiger partial charge in [0.25, 0.3) is 5.91 Å². The number of carbonyl (C=O) groups excluding carboxylic acids is 1. The van der Waals surface area contributed by atoms with E-state index in [-0.39, 0.29) is 17.5 Å². The van der Waals surface area contributed by atoms with Crippen LogP contribution in [0.5, 0.6) is 0 Å². The predicted molar refractivity (Wildman–Crippen MR) is 83.6 cm³/mol. The summed E-state index contributed by atoms with van der Waals surface area (Å²) in [5.41, 5.74) is 6.67. The zero-order valence-corrected chi connectivity index (χ0v) is 13.5.